The van der Waals surface area contributed by atoms with Crippen LogP contribution in [0.2, 0.25) is 0 Å². The van der Waals surface area contributed by atoms with E-state index in [2.05, 4.69) is 10.6 Å². The molecule has 0 bridgehead atoms. The molecule has 242 valence electrons. The monoisotopic (exact) mass is 608 g/mol. The van der Waals surface area contributed by atoms with Gasteiger partial charge in [-0.25, -0.2) is 15.2 Å². The lowest BCUT2D eigenvalue weighted by molar-refractivity contribution is -0.171. The third kappa shape index (κ3) is 15.5. The predicted molar refractivity (Wildman–Crippen MR) is 142 cm³/mol. The standard InChI is InChI=1S/C23H44N8O11/c1-14(33)19(22(37)31(42)12-4-7-17(26)23(38)39)28-21(36)16(25)6-3-11-30(41)18(34)8-9-27-20(35)15(24)5-2-10-29(40)13-32/h13-17,19,33,40-42H,2-12,24-26H2,1H3,(H,27,35)(H,28,36)(H,38,39)/t14-,15-,16-,17+,19-/m1/s1. The second-order valence-electron chi connectivity index (χ2n) is 9.60. The highest BCUT2D eigenvalue weighted by Crippen LogP contribution is 2.05. The Morgan fingerprint density at radius 1 is 0.810 bits per heavy atom. The number of carboxylic acids is 1. The number of aliphatic carboxylic acids is 1. The third-order valence-electron chi connectivity index (χ3n) is 6.01. The van der Waals surface area contributed by atoms with E-state index in [1.807, 2.05) is 0 Å². The van der Waals surface area contributed by atoms with Crippen LogP contribution in [0.4, 0.5) is 0 Å². The molecule has 0 aromatic heterocycles. The van der Waals surface area contributed by atoms with E-state index in [0.29, 0.717) is 10.1 Å². The number of carboxylic acid groups (broad SMARTS) is 1. The lowest BCUT2D eigenvalue weighted by Crippen LogP contribution is -2.56. The van der Waals surface area contributed by atoms with Crippen molar-refractivity contribution in [2.75, 3.05) is 26.2 Å². The topological polar surface area (TPSA) is 315 Å². The molecule has 0 saturated carbocycles. The molecule has 0 rings (SSSR count). The molecule has 0 spiro atoms. The van der Waals surface area contributed by atoms with Gasteiger partial charge in [-0.2, -0.15) is 0 Å². The average molecular weight is 609 g/mol. The number of nitrogens with two attached hydrogens (primary N) is 3. The van der Waals surface area contributed by atoms with Crippen LogP contribution in [0.5, 0.6) is 0 Å². The number of carbonyl (C=O) groups is 6. The number of amides is 5. The average Bonchev–Trinajstić information content (AvgIpc) is 2.94. The quantitative estimate of drug-likeness (QED) is 0.0319. The molecule has 19 heteroatoms. The van der Waals surface area contributed by atoms with E-state index in [1.54, 1.807) is 0 Å². The van der Waals surface area contributed by atoms with E-state index in [9.17, 15) is 44.3 Å². The van der Waals surface area contributed by atoms with Gasteiger partial charge in [0.15, 0.2) is 0 Å². The van der Waals surface area contributed by atoms with Crippen molar-refractivity contribution in [3.8, 4) is 0 Å². The van der Waals surface area contributed by atoms with Crippen molar-refractivity contribution in [1.29, 1.82) is 0 Å². The van der Waals surface area contributed by atoms with Crippen molar-refractivity contribution < 1.29 is 54.6 Å². The van der Waals surface area contributed by atoms with Crippen LogP contribution >= 0.6 is 0 Å². The van der Waals surface area contributed by atoms with Gasteiger partial charge in [-0.3, -0.25) is 44.4 Å². The van der Waals surface area contributed by atoms with Gasteiger partial charge < -0.3 is 38.0 Å². The number of carbonyl (C=O) groups excluding carboxylic acids is 5. The van der Waals surface area contributed by atoms with Crippen LogP contribution in [0, 0.1) is 0 Å². The summed E-state index contributed by atoms with van der Waals surface area (Å²) in [6.07, 6.45) is -0.954. The minimum Gasteiger partial charge on any atom is -0.480 e. The first-order valence-electron chi connectivity index (χ1n) is 13.3. The Morgan fingerprint density at radius 2 is 1.31 bits per heavy atom. The molecule has 13 N–H and O–H groups in total. The van der Waals surface area contributed by atoms with Gasteiger partial charge in [0.1, 0.15) is 12.1 Å². The predicted octanol–water partition coefficient (Wildman–Crippen LogP) is -3.95. The molecule has 0 radical (unpaired) electrons. The number of nitrogens with zero attached hydrogens (tertiary/aromatic N) is 3. The number of aliphatic hydroxyl groups excluding tert-OH is 1. The summed E-state index contributed by atoms with van der Waals surface area (Å²) in [6.45, 7) is 0.584. The van der Waals surface area contributed by atoms with Crippen molar-refractivity contribution >= 4 is 36.0 Å². The van der Waals surface area contributed by atoms with Gasteiger partial charge in [-0.15, -0.1) is 0 Å². The van der Waals surface area contributed by atoms with Crippen molar-refractivity contribution in [1.82, 2.24) is 25.8 Å². The maximum absolute atomic E-state index is 12.5. The third-order valence-corrected chi connectivity index (χ3v) is 6.01. The smallest absolute Gasteiger partial charge is 0.320 e. The Labute approximate surface area is 242 Å². The minimum absolute atomic E-state index is 0.00179. The summed E-state index contributed by atoms with van der Waals surface area (Å²) in [5.41, 5.74) is 16.9. The van der Waals surface area contributed by atoms with Gasteiger partial charge in [0, 0.05) is 32.6 Å². The zero-order valence-electron chi connectivity index (χ0n) is 23.5. The summed E-state index contributed by atoms with van der Waals surface area (Å²) in [6, 6.07) is -4.86. The van der Waals surface area contributed by atoms with Crippen LogP contribution in [-0.2, 0) is 28.8 Å². The zero-order valence-corrected chi connectivity index (χ0v) is 23.5. The fourth-order valence-corrected chi connectivity index (χ4v) is 3.43. The summed E-state index contributed by atoms with van der Waals surface area (Å²) in [7, 11) is 0. The Kier molecular flexibility index (Phi) is 18.7. The summed E-state index contributed by atoms with van der Waals surface area (Å²) in [4.78, 5) is 70.0. The molecule has 0 heterocycles. The Hall–Kier alpha value is -3.46. The summed E-state index contributed by atoms with van der Waals surface area (Å²) < 4.78 is 0. The van der Waals surface area contributed by atoms with Crippen molar-refractivity contribution in [2.24, 2.45) is 17.2 Å². The summed E-state index contributed by atoms with van der Waals surface area (Å²) in [5, 5.41) is 53.3. The molecule has 0 unspecified atom stereocenters. The SMILES string of the molecule is C[C@@H](O)[C@@H](NC(=O)[C@H](N)CCCN(O)C(=O)CCNC(=O)[C@H](N)CCCN(O)C=O)C(=O)N(O)CCC[C@H](N)C(=O)O. The van der Waals surface area contributed by atoms with E-state index in [0.717, 1.165) is 0 Å². The van der Waals surface area contributed by atoms with Crippen LogP contribution in [-0.4, -0.2) is 133 Å². The molecule has 0 saturated heterocycles. The molecule has 0 aliphatic rings. The molecule has 0 aromatic carbocycles. The molecular weight excluding hydrogens is 564 g/mol. The Morgan fingerprint density at radius 3 is 1.83 bits per heavy atom. The molecule has 0 fully saturated rings. The van der Waals surface area contributed by atoms with Gasteiger partial charge in [0.2, 0.25) is 24.1 Å². The van der Waals surface area contributed by atoms with Gasteiger partial charge in [0.05, 0.1) is 18.2 Å². The van der Waals surface area contributed by atoms with E-state index < -0.39 is 59.9 Å². The normalized spacial score (nSPS) is 14.5. The summed E-state index contributed by atoms with van der Waals surface area (Å²) in [5.74, 6) is -4.42. The number of hydroxylamine groups is 6. The maximum atomic E-state index is 12.5. The second kappa shape index (κ2) is 20.4. The second-order valence-corrected chi connectivity index (χ2v) is 9.60. The molecule has 0 aliphatic carbocycles. The van der Waals surface area contributed by atoms with Crippen molar-refractivity contribution in [3.05, 3.63) is 0 Å². The first-order chi connectivity index (χ1) is 19.6. The van der Waals surface area contributed by atoms with Crippen LogP contribution in [0.3, 0.4) is 0 Å². The maximum Gasteiger partial charge on any atom is 0.320 e. The van der Waals surface area contributed by atoms with Crippen LogP contribution < -0.4 is 27.8 Å². The lowest BCUT2D eigenvalue weighted by atomic mass is 10.1. The molecule has 42 heavy (non-hydrogen) atoms. The van der Waals surface area contributed by atoms with Crippen LogP contribution in [0.25, 0.3) is 0 Å². The van der Waals surface area contributed by atoms with E-state index >= 15 is 0 Å². The highest BCUT2D eigenvalue weighted by Gasteiger charge is 2.31. The largest absolute Gasteiger partial charge is 0.480 e. The molecule has 5 amide bonds. The fourth-order valence-electron chi connectivity index (χ4n) is 3.43. The van der Waals surface area contributed by atoms with E-state index in [-0.39, 0.29) is 82.6 Å². The number of nitrogens with one attached hydrogen (secondary N) is 2. The van der Waals surface area contributed by atoms with Crippen LogP contribution in [0.15, 0.2) is 0 Å². The Balaban J connectivity index is 4.48. The van der Waals surface area contributed by atoms with E-state index in [4.69, 9.17) is 27.5 Å². The zero-order chi connectivity index (χ0) is 32.4. The lowest BCUT2D eigenvalue weighted by Gasteiger charge is -2.26. The van der Waals surface area contributed by atoms with Gasteiger partial charge in [-0.05, 0) is 45.4 Å². The molecule has 19 nitrogen and oxygen atoms in total. The van der Waals surface area contributed by atoms with Gasteiger partial charge in [-0.1, -0.05) is 0 Å². The first-order valence-corrected chi connectivity index (χ1v) is 13.3. The first kappa shape index (κ1) is 38.5. The molecule has 0 aromatic rings. The van der Waals surface area contributed by atoms with Crippen molar-refractivity contribution in [3.63, 3.8) is 0 Å². The molecule has 5 atom stereocenters. The number of aliphatic hydroxyl groups is 1. The number of rotatable bonds is 22. The van der Waals surface area contributed by atoms with Crippen molar-refractivity contribution in [2.45, 2.75) is 82.1 Å². The highest BCUT2D eigenvalue weighted by molar-refractivity contribution is 5.89. The number of hydrogen-bond donors (Lipinski definition) is 10. The highest BCUT2D eigenvalue weighted by atomic mass is 16.5. The summed E-state index contributed by atoms with van der Waals surface area (Å²) >= 11 is 0. The number of hydrogen-bond acceptors (Lipinski definition) is 13. The molecule has 0 aliphatic heterocycles. The molecular formula is C23H44N8O11. The minimum atomic E-state index is -1.55. The van der Waals surface area contributed by atoms with Crippen LogP contribution in [0.1, 0.15) is 51.9 Å². The Bertz CT molecular complexity index is 894. The van der Waals surface area contributed by atoms with Gasteiger partial charge in [0.25, 0.3) is 5.91 Å². The fraction of sp³-hybridized carbons (Fsp3) is 0.739. The van der Waals surface area contributed by atoms with Gasteiger partial charge >= 0.3 is 5.97 Å². The van der Waals surface area contributed by atoms with E-state index in [1.165, 1.54) is 6.92 Å².